The van der Waals surface area contributed by atoms with Crippen LogP contribution in [-0.4, -0.2) is 107 Å². The summed E-state index contributed by atoms with van der Waals surface area (Å²) >= 11 is 0. The number of hydrogen-bond acceptors (Lipinski definition) is 11. The lowest BCUT2D eigenvalue weighted by Crippen LogP contribution is -2.37. The number of benzene rings is 2. The van der Waals surface area contributed by atoms with Crippen molar-refractivity contribution in [2.24, 2.45) is 11.5 Å². The van der Waals surface area contributed by atoms with Crippen LogP contribution in [0.4, 0.5) is 0 Å². The van der Waals surface area contributed by atoms with E-state index in [1.807, 2.05) is 54.4 Å². The molecule has 1 aliphatic heterocycles. The summed E-state index contributed by atoms with van der Waals surface area (Å²) in [7, 11) is 1.58. The number of aryl methyl sites for hydroxylation is 4. The van der Waals surface area contributed by atoms with Gasteiger partial charge in [-0.05, 0) is 82.6 Å². The maximum Gasteiger partial charge on any atom is 0.248 e. The smallest absolute Gasteiger partial charge is 0.248 e. The third kappa shape index (κ3) is 7.81. The highest BCUT2D eigenvalue weighted by molar-refractivity contribution is 6.13. The summed E-state index contributed by atoms with van der Waals surface area (Å²) in [5, 5.41) is 12.5. The molecule has 17 nitrogen and oxygen atoms in total. The van der Waals surface area contributed by atoms with Gasteiger partial charge < -0.3 is 34.8 Å². The molecule has 64 heavy (non-hydrogen) atoms. The molecular formula is C47H52N12O5. The fraction of sp³-hybridized carbons (Fsp3) is 0.340. The molecule has 2 amide bonds. The van der Waals surface area contributed by atoms with Crippen LogP contribution in [0.1, 0.15) is 52.4 Å². The van der Waals surface area contributed by atoms with Crippen LogP contribution in [0.25, 0.3) is 66.8 Å². The number of fused-ring (bicyclic) bond motifs is 6. The first-order valence-electron chi connectivity index (χ1n) is 21.7. The van der Waals surface area contributed by atoms with Gasteiger partial charge >= 0.3 is 0 Å². The first-order valence-corrected chi connectivity index (χ1v) is 21.7. The highest BCUT2D eigenvalue weighted by atomic mass is 16.5. The third-order valence-corrected chi connectivity index (χ3v) is 11.8. The summed E-state index contributed by atoms with van der Waals surface area (Å²) in [5.41, 5.74) is 19.6. The Bertz CT molecular complexity index is 3110. The maximum atomic E-state index is 12.8. The number of carbonyl (C=O) groups is 2. The lowest BCUT2D eigenvalue weighted by molar-refractivity contribution is 0.0358. The lowest BCUT2D eigenvalue weighted by atomic mass is 10.1. The van der Waals surface area contributed by atoms with Crippen molar-refractivity contribution in [3.63, 3.8) is 0 Å². The van der Waals surface area contributed by atoms with E-state index in [0.29, 0.717) is 72.5 Å². The molecule has 330 valence electrons. The summed E-state index contributed by atoms with van der Waals surface area (Å²) in [6, 6.07) is 15.0. The van der Waals surface area contributed by atoms with E-state index in [2.05, 4.69) is 43.3 Å². The zero-order valence-electron chi connectivity index (χ0n) is 36.8. The van der Waals surface area contributed by atoms with Gasteiger partial charge in [-0.2, -0.15) is 10.2 Å². The van der Waals surface area contributed by atoms with Crippen LogP contribution in [0.15, 0.2) is 66.9 Å². The van der Waals surface area contributed by atoms with Gasteiger partial charge in [0.25, 0.3) is 0 Å². The minimum Gasteiger partial charge on any atom is -0.495 e. The minimum atomic E-state index is -0.559. The molecule has 0 atom stereocenters. The highest BCUT2D eigenvalue weighted by Crippen LogP contribution is 2.38. The second kappa shape index (κ2) is 17.6. The van der Waals surface area contributed by atoms with Crippen LogP contribution in [0.2, 0.25) is 0 Å². The Morgan fingerprint density at radius 2 is 1.34 bits per heavy atom. The van der Waals surface area contributed by atoms with E-state index < -0.39 is 11.8 Å². The number of amides is 2. The molecule has 6 aromatic heterocycles. The molecule has 7 heterocycles. The Morgan fingerprint density at radius 3 is 1.98 bits per heavy atom. The number of nitrogens with two attached hydrogens (primary N) is 2. The van der Waals surface area contributed by atoms with Crippen LogP contribution in [0.3, 0.4) is 0 Å². The van der Waals surface area contributed by atoms with Crippen molar-refractivity contribution in [1.82, 2.24) is 48.5 Å². The fourth-order valence-corrected chi connectivity index (χ4v) is 8.81. The molecule has 1 aliphatic rings. The maximum absolute atomic E-state index is 12.8. The number of aromatic nitrogens is 9. The summed E-state index contributed by atoms with van der Waals surface area (Å²) in [5.74, 6) is 0.453. The van der Waals surface area contributed by atoms with Crippen molar-refractivity contribution in [2.45, 2.75) is 60.3 Å². The van der Waals surface area contributed by atoms with E-state index >= 15 is 0 Å². The second-order valence-corrected chi connectivity index (χ2v) is 16.0. The topological polar surface area (TPSA) is 201 Å². The average molecular weight is 865 g/mol. The number of rotatable bonds is 16. The first kappa shape index (κ1) is 42.2. The van der Waals surface area contributed by atoms with Gasteiger partial charge in [-0.3, -0.25) is 23.9 Å². The molecule has 4 N–H and O–H groups in total. The van der Waals surface area contributed by atoms with Gasteiger partial charge in [0.15, 0.2) is 5.82 Å². The van der Waals surface area contributed by atoms with Crippen LogP contribution in [0, 0.1) is 13.8 Å². The number of primary amides is 2. The number of carbonyl (C=O) groups excluding carboxylic acids is 2. The molecule has 2 aromatic carbocycles. The van der Waals surface area contributed by atoms with Crippen molar-refractivity contribution < 1.29 is 23.8 Å². The van der Waals surface area contributed by atoms with Crippen molar-refractivity contribution >= 4 is 55.7 Å². The van der Waals surface area contributed by atoms with Gasteiger partial charge in [-0.1, -0.05) is 12.2 Å². The summed E-state index contributed by atoms with van der Waals surface area (Å²) in [6.45, 7) is 14.6. The molecule has 0 saturated carbocycles. The molecule has 0 spiro atoms. The predicted molar refractivity (Wildman–Crippen MR) is 246 cm³/mol. The quantitative estimate of drug-likeness (QED) is 0.0848. The number of pyridine rings is 1. The Morgan fingerprint density at radius 1 is 0.750 bits per heavy atom. The third-order valence-electron chi connectivity index (χ3n) is 11.8. The van der Waals surface area contributed by atoms with E-state index in [0.717, 1.165) is 100 Å². The molecule has 0 unspecified atom stereocenters. The molecular weight excluding hydrogens is 813 g/mol. The summed E-state index contributed by atoms with van der Waals surface area (Å²) in [6.07, 6.45) is 6.74. The standard InChI is InChI=1S/C47H52N12O5/c1-6-58-37(21-28(3)53-58)36-12-11-32-33-23-30(43(48)60)25-39(62-5)41(33)56(46(32)51-36)14-8-9-15-57-42-34(35-27-50-45(52-47(35)57)38-22-29(4)54-59(38)7-2)24-31(44(49)61)26-40(42)64-18-10-13-55-16-19-63-20-17-55/h8-9,11-12,21-27H,6-7,10,13-20H2,1-5H3,(H2,48,60)(H2,49,61)/b9-8+. The molecule has 0 aliphatic carbocycles. The van der Waals surface area contributed by atoms with Gasteiger partial charge in [0, 0.05) is 84.7 Å². The van der Waals surface area contributed by atoms with Gasteiger partial charge in [-0.25, -0.2) is 15.0 Å². The number of hydrogen-bond donors (Lipinski definition) is 2. The monoisotopic (exact) mass is 864 g/mol. The van der Waals surface area contributed by atoms with Gasteiger partial charge in [0.05, 0.1) is 60.7 Å². The number of morpholine rings is 1. The van der Waals surface area contributed by atoms with Crippen LogP contribution in [0.5, 0.6) is 11.5 Å². The van der Waals surface area contributed by atoms with E-state index in [1.54, 1.807) is 37.6 Å². The van der Waals surface area contributed by atoms with Crippen LogP contribution in [-0.2, 0) is 30.9 Å². The minimum absolute atomic E-state index is 0.331. The van der Waals surface area contributed by atoms with E-state index in [4.69, 9.17) is 40.6 Å². The summed E-state index contributed by atoms with van der Waals surface area (Å²) in [4.78, 5) is 42.9. The zero-order chi connectivity index (χ0) is 44.6. The Kier molecular flexibility index (Phi) is 11.6. The molecule has 1 saturated heterocycles. The van der Waals surface area contributed by atoms with Crippen molar-refractivity contribution in [1.29, 1.82) is 0 Å². The Balaban J connectivity index is 1.15. The highest BCUT2D eigenvalue weighted by Gasteiger charge is 2.23. The van der Waals surface area contributed by atoms with Crippen molar-refractivity contribution in [2.75, 3.05) is 46.6 Å². The fourth-order valence-electron chi connectivity index (χ4n) is 8.81. The first-order chi connectivity index (χ1) is 31.1. The average Bonchev–Trinajstić information content (AvgIpc) is 4.06. The normalized spacial score (nSPS) is 13.6. The van der Waals surface area contributed by atoms with Gasteiger partial charge in [0.2, 0.25) is 11.8 Å². The molecule has 9 rings (SSSR count). The molecule has 0 radical (unpaired) electrons. The van der Waals surface area contributed by atoms with Gasteiger partial charge in [0.1, 0.15) is 28.5 Å². The lowest BCUT2D eigenvalue weighted by Gasteiger charge is -2.26. The van der Waals surface area contributed by atoms with Gasteiger partial charge in [-0.15, -0.1) is 0 Å². The Hall–Kier alpha value is -7.11. The van der Waals surface area contributed by atoms with Crippen molar-refractivity contribution in [3.8, 4) is 34.4 Å². The number of allylic oxidation sites excluding steroid dienone is 2. The van der Waals surface area contributed by atoms with E-state index in [9.17, 15) is 9.59 Å². The SMILES string of the molecule is CCn1nc(C)cc1-c1ccc2c3cc(C(N)=O)cc(OC)c3n(C/C=C/Cn3c4nc(-c5cc(C)nn5CC)ncc4c4cc(C(N)=O)cc(OCCCN5CCOCC5)c43)c2n1. The zero-order valence-corrected chi connectivity index (χ0v) is 36.8. The van der Waals surface area contributed by atoms with E-state index in [-0.39, 0.29) is 0 Å². The number of ether oxygens (including phenoxy) is 3. The summed E-state index contributed by atoms with van der Waals surface area (Å²) < 4.78 is 26.0. The molecule has 17 heteroatoms. The van der Waals surface area contributed by atoms with Crippen molar-refractivity contribution in [3.05, 3.63) is 89.4 Å². The molecule has 8 aromatic rings. The van der Waals surface area contributed by atoms with Crippen LogP contribution < -0.4 is 20.9 Å². The Labute approximate surface area is 369 Å². The molecule has 1 fully saturated rings. The number of methoxy groups -OCH3 is 1. The largest absolute Gasteiger partial charge is 0.495 e. The second-order valence-electron chi connectivity index (χ2n) is 16.0. The van der Waals surface area contributed by atoms with E-state index in [1.165, 1.54) is 0 Å². The predicted octanol–water partition coefficient (Wildman–Crippen LogP) is 6.03. The number of nitrogens with zero attached hydrogens (tertiary/aromatic N) is 10. The molecule has 0 bridgehead atoms. The van der Waals surface area contributed by atoms with Crippen LogP contribution >= 0.6 is 0 Å².